The minimum absolute atomic E-state index is 0.177. The van der Waals surface area contributed by atoms with Crippen molar-refractivity contribution in [2.75, 3.05) is 5.32 Å². The second-order valence-corrected chi connectivity index (χ2v) is 8.22. The van der Waals surface area contributed by atoms with E-state index in [0.717, 1.165) is 5.56 Å². The zero-order valence-corrected chi connectivity index (χ0v) is 17.8. The van der Waals surface area contributed by atoms with Crippen molar-refractivity contribution < 1.29 is 4.79 Å². The molecule has 29 heavy (non-hydrogen) atoms. The van der Waals surface area contributed by atoms with Gasteiger partial charge in [0.2, 0.25) is 0 Å². The highest BCUT2D eigenvalue weighted by molar-refractivity contribution is 7.20. The Kier molecular flexibility index (Phi) is 5.16. The predicted molar refractivity (Wildman–Crippen MR) is 115 cm³/mol. The Morgan fingerprint density at radius 2 is 2.07 bits per heavy atom. The second-order valence-electron chi connectivity index (χ2n) is 6.44. The third-order valence-electron chi connectivity index (χ3n) is 4.53. The van der Waals surface area contributed by atoms with Gasteiger partial charge in [-0.05, 0) is 24.1 Å². The van der Waals surface area contributed by atoms with Crippen LogP contribution in [-0.2, 0) is 13.6 Å². The Morgan fingerprint density at radius 3 is 2.86 bits per heavy atom. The van der Waals surface area contributed by atoms with Gasteiger partial charge in [0.15, 0.2) is 0 Å². The summed E-state index contributed by atoms with van der Waals surface area (Å²) >= 11 is 13.5. The number of rotatable bonds is 4. The van der Waals surface area contributed by atoms with Crippen LogP contribution in [0.1, 0.15) is 20.8 Å². The maximum Gasteiger partial charge on any atom is 0.267 e. The molecule has 10 heteroatoms. The summed E-state index contributed by atoms with van der Waals surface area (Å²) in [5.74, 6) is 0.176. The molecule has 4 aromatic rings. The topological polar surface area (TPSA) is 81.8 Å². The summed E-state index contributed by atoms with van der Waals surface area (Å²) in [6.07, 6.45) is 3.04. The number of halogens is 2. The van der Waals surface area contributed by atoms with Crippen LogP contribution in [-0.4, -0.2) is 25.2 Å². The summed E-state index contributed by atoms with van der Waals surface area (Å²) in [6.45, 7) is 2.09. The molecule has 0 aliphatic rings. The molecule has 0 spiro atoms. The molecule has 1 aromatic carbocycles. The summed E-state index contributed by atoms with van der Waals surface area (Å²) in [4.78, 5) is 30.5. The van der Waals surface area contributed by atoms with Crippen LogP contribution in [0.4, 0.5) is 5.82 Å². The van der Waals surface area contributed by atoms with E-state index in [1.807, 2.05) is 6.07 Å². The third-order valence-corrected chi connectivity index (χ3v) is 6.58. The molecular weight excluding hydrogens is 433 g/mol. The fraction of sp³-hybridized carbons (Fsp3) is 0.158. The first-order valence-electron chi connectivity index (χ1n) is 8.57. The number of aromatic nitrogens is 4. The van der Waals surface area contributed by atoms with E-state index < -0.39 is 0 Å². The number of nitrogens with one attached hydrogen (secondary N) is 1. The molecule has 0 fully saturated rings. The maximum atomic E-state index is 12.9. The molecule has 3 aromatic heterocycles. The number of hydrogen-bond donors (Lipinski definition) is 1. The van der Waals surface area contributed by atoms with E-state index in [9.17, 15) is 9.59 Å². The Hall–Kier alpha value is -2.68. The standard InChI is InChI=1S/C19H15Cl2N5O2S/c1-10-14-18(22-9-25(2)19(14)28)29-16(10)17(27)24-13-6-7-23-26(13)8-11-4-3-5-12(20)15(11)21/h3-7,9H,8H2,1-2H3,(H,24,27). The minimum Gasteiger partial charge on any atom is -0.306 e. The number of hydrogen-bond acceptors (Lipinski definition) is 5. The molecule has 0 saturated carbocycles. The zero-order chi connectivity index (χ0) is 20.7. The molecule has 0 radical (unpaired) electrons. The van der Waals surface area contributed by atoms with Gasteiger partial charge in [-0.1, -0.05) is 35.3 Å². The first-order valence-corrected chi connectivity index (χ1v) is 10.1. The SMILES string of the molecule is Cc1c(C(=O)Nc2ccnn2Cc2cccc(Cl)c2Cl)sc2ncn(C)c(=O)c12. The lowest BCUT2D eigenvalue weighted by atomic mass is 10.2. The lowest BCUT2D eigenvalue weighted by Crippen LogP contribution is -2.18. The molecule has 1 N–H and O–H groups in total. The van der Waals surface area contributed by atoms with Crippen LogP contribution < -0.4 is 10.9 Å². The van der Waals surface area contributed by atoms with Crippen LogP contribution in [0.25, 0.3) is 10.2 Å². The number of anilines is 1. The lowest BCUT2D eigenvalue weighted by molar-refractivity contribution is 0.102. The van der Waals surface area contributed by atoms with Crippen molar-refractivity contribution in [1.29, 1.82) is 0 Å². The van der Waals surface area contributed by atoms with Gasteiger partial charge >= 0.3 is 0 Å². The van der Waals surface area contributed by atoms with E-state index in [0.29, 0.717) is 43.1 Å². The van der Waals surface area contributed by atoms with Crippen molar-refractivity contribution in [3.8, 4) is 0 Å². The molecule has 0 aliphatic carbocycles. The van der Waals surface area contributed by atoms with Gasteiger partial charge in [-0.25, -0.2) is 9.67 Å². The molecule has 0 atom stereocenters. The van der Waals surface area contributed by atoms with Crippen molar-refractivity contribution in [1.82, 2.24) is 19.3 Å². The number of carbonyl (C=O) groups excluding carboxylic acids is 1. The summed E-state index contributed by atoms with van der Waals surface area (Å²) in [6, 6.07) is 7.05. The van der Waals surface area contributed by atoms with Gasteiger partial charge in [-0.3, -0.25) is 9.59 Å². The molecule has 3 heterocycles. The Balaban J connectivity index is 1.64. The summed E-state index contributed by atoms with van der Waals surface area (Å²) in [5.41, 5.74) is 1.22. The number of benzene rings is 1. The van der Waals surface area contributed by atoms with E-state index in [1.54, 1.807) is 43.0 Å². The zero-order valence-electron chi connectivity index (χ0n) is 15.4. The van der Waals surface area contributed by atoms with Gasteiger partial charge in [-0.2, -0.15) is 5.10 Å². The second kappa shape index (κ2) is 7.62. The fourth-order valence-electron chi connectivity index (χ4n) is 3.00. The Morgan fingerprint density at radius 1 is 1.28 bits per heavy atom. The largest absolute Gasteiger partial charge is 0.306 e. The van der Waals surface area contributed by atoms with Gasteiger partial charge in [-0.15, -0.1) is 11.3 Å². The van der Waals surface area contributed by atoms with Gasteiger partial charge in [0.1, 0.15) is 10.6 Å². The molecular formula is C19H15Cl2N5O2S. The van der Waals surface area contributed by atoms with Gasteiger partial charge in [0, 0.05) is 13.1 Å². The summed E-state index contributed by atoms with van der Waals surface area (Å²) in [5, 5.41) is 8.48. The lowest BCUT2D eigenvalue weighted by Gasteiger charge is -2.10. The number of nitrogens with zero attached hydrogens (tertiary/aromatic N) is 4. The van der Waals surface area contributed by atoms with Crippen LogP contribution in [0, 0.1) is 6.92 Å². The fourth-order valence-corrected chi connectivity index (χ4v) is 4.41. The molecule has 0 aliphatic heterocycles. The van der Waals surface area contributed by atoms with E-state index in [-0.39, 0.29) is 11.5 Å². The predicted octanol–water partition coefficient (Wildman–Crippen LogP) is 4.11. The first-order chi connectivity index (χ1) is 13.9. The van der Waals surface area contributed by atoms with Crippen molar-refractivity contribution in [2.24, 2.45) is 7.05 Å². The number of carbonyl (C=O) groups is 1. The van der Waals surface area contributed by atoms with Crippen LogP contribution in [0.3, 0.4) is 0 Å². The molecule has 0 unspecified atom stereocenters. The Bertz CT molecular complexity index is 1310. The van der Waals surface area contributed by atoms with Crippen molar-refractivity contribution in [2.45, 2.75) is 13.5 Å². The van der Waals surface area contributed by atoms with E-state index in [1.165, 1.54) is 22.2 Å². The van der Waals surface area contributed by atoms with E-state index in [2.05, 4.69) is 15.4 Å². The molecule has 0 saturated heterocycles. The Labute approximate surface area is 179 Å². The van der Waals surface area contributed by atoms with E-state index >= 15 is 0 Å². The first kappa shape index (κ1) is 19.6. The normalized spacial score (nSPS) is 11.2. The van der Waals surface area contributed by atoms with Gasteiger partial charge < -0.3 is 9.88 Å². The van der Waals surface area contributed by atoms with Gasteiger partial charge in [0.25, 0.3) is 11.5 Å². The van der Waals surface area contributed by atoms with Crippen LogP contribution in [0.15, 0.2) is 41.6 Å². The number of thiophene rings is 1. The highest BCUT2D eigenvalue weighted by Crippen LogP contribution is 2.29. The smallest absolute Gasteiger partial charge is 0.267 e. The average molecular weight is 448 g/mol. The quantitative estimate of drug-likeness (QED) is 0.510. The summed E-state index contributed by atoms with van der Waals surface area (Å²) in [7, 11) is 1.63. The monoisotopic (exact) mass is 447 g/mol. The number of aryl methyl sites for hydroxylation is 2. The van der Waals surface area contributed by atoms with Crippen LogP contribution in [0.5, 0.6) is 0 Å². The number of amides is 1. The molecule has 1 amide bonds. The van der Waals surface area contributed by atoms with E-state index in [4.69, 9.17) is 23.2 Å². The van der Waals surface area contributed by atoms with Crippen molar-refractivity contribution in [3.05, 3.63) is 73.2 Å². The molecule has 0 bridgehead atoms. The molecule has 7 nitrogen and oxygen atoms in total. The highest BCUT2D eigenvalue weighted by atomic mass is 35.5. The summed E-state index contributed by atoms with van der Waals surface area (Å²) < 4.78 is 3.02. The van der Waals surface area contributed by atoms with Crippen LogP contribution in [0.2, 0.25) is 10.0 Å². The van der Waals surface area contributed by atoms with Crippen molar-refractivity contribution in [3.63, 3.8) is 0 Å². The van der Waals surface area contributed by atoms with Gasteiger partial charge in [0.05, 0.1) is 39.4 Å². The average Bonchev–Trinajstić information content (AvgIpc) is 3.26. The third kappa shape index (κ3) is 3.55. The highest BCUT2D eigenvalue weighted by Gasteiger charge is 2.20. The van der Waals surface area contributed by atoms with Crippen LogP contribution >= 0.6 is 34.5 Å². The maximum absolute atomic E-state index is 12.9. The molecule has 4 rings (SSSR count). The van der Waals surface area contributed by atoms with Crippen molar-refractivity contribution >= 4 is 56.5 Å². The number of fused-ring (bicyclic) bond motifs is 1. The molecule has 148 valence electrons. The minimum atomic E-state index is -0.327.